The highest BCUT2D eigenvalue weighted by Crippen LogP contribution is 2.24. The summed E-state index contributed by atoms with van der Waals surface area (Å²) in [7, 11) is -4.60. The highest BCUT2D eigenvalue weighted by atomic mass is 32.2. The Kier molecular flexibility index (Phi) is 33.8. The molecule has 1 fully saturated rings. The van der Waals surface area contributed by atoms with Gasteiger partial charge in [-0.3, -0.25) is 14.1 Å². The number of carbonyl (C=O) groups is 2. The van der Waals surface area contributed by atoms with Gasteiger partial charge in [0.15, 0.2) is 12.4 Å². The van der Waals surface area contributed by atoms with Gasteiger partial charge in [0, 0.05) is 12.8 Å². The molecule has 342 valence electrons. The predicted octanol–water partition coefficient (Wildman–Crippen LogP) is 9.45. The molecular formula is C45H84O12S. The Bertz CT molecular complexity index is 1130. The van der Waals surface area contributed by atoms with Gasteiger partial charge in [0.2, 0.25) is 0 Å². The summed E-state index contributed by atoms with van der Waals surface area (Å²) in [6.07, 6.45) is 28.3. The van der Waals surface area contributed by atoms with Gasteiger partial charge in [0.05, 0.1) is 6.61 Å². The molecule has 0 spiro atoms. The minimum Gasteiger partial charge on any atom is -0.462 e. The van der Waals surface area contributed by atoms with E-state index < -0.39 is 71.2 Å². The minimum atomic E-state index is -4.60. The molecule has 0 aromatic rings. The first kappa shape index (κ1) is 54.4. The van der Waals surface area contributed by atoms with Crippen LogP contribution in [-0.2, 0) is 38.7 Å². The van der Waals surface area contributed by atoms with E-state index in [1.807, 2.05) is 0 Å². The number of aliphatic hydroxyl groups is 3. The van der Waals surface area contributed by atoms with Gasteiger partial charge in [-0.15, -0.1) is 0 Å². The smallest absolute Gasteiger partial charge is 0.306 e. The summed E-state index contributed by atoms with van der Waals surface area (Å²) < 4.78 is 54.0. The van der Waals surface area contributed by atoms with Crippen molar-refractivity contribution in [2.75, 3.05) is 19.0 Å². The van der Waals surface area contributed by atoms with E-state index in [-0.39, 0.29) is 19.4 Å². The van der Waals surface area contributed by atoms with Crippen molar-refractivity contribution in [3.05, 3.63) is 12.2 Å². The van der Waals surface area contributed by atoms with Crippen LogP contribution in [0.3, 0.4) is 0 Å². The average molecular weight is 849 g/mol. The summed E-state index contributed by atoms with van der Waals surface area (Å²) in [5.41, 5.74) is 0. The van der Waals surface area contributed by atoms with Crippen LogP contribution in [-0.4, -0.2) is 96.0 Å². The van der Waals surface area contributed by atoms with Crippen LogP contribution in [0.25, 0.3) is 0 Å². The molecule has 0 radical (unpaired) electrons. The first-order valence-corrected chi connectivity index (χ1v) is 24.9. The Morgan fingerprint density at radius 3 is 1.45 bits per heavy atom. The number of esters is 2. The van der Waals surface area contributed by atoms with Crippen LogP contribution in [0.15, 0.2) is 12.2 Å². The van der Waals surface area contributed by atoms with E-state index in [0.29, 0.717) is 12.8 Å². The van der Waals surface area contributed by atoms with Gasteiger partial charge in [-0.25, -0.2) is 0 Å². The van der Waals surface area contributed by atoms with Crippen molar-refractivity contribution in [1.29, 1.82) is 0 Å². The van der Waals surface area contributed by atoms with Gasteiger partial charge in [0.1, 0.15) is 36.8 Å². The Balaban J connectivity index is 2.42. The lowest BCUT2D eigenvalue weighted by Gasteiger charge is -2.40. The summed E-state index contributed by atoms with van der Waals surface area (Å²) >= 11 is 0. The number of aliphatic hydroxyl groups excluding tert-OH is 3. The van der Waals surface area contributed by atoms with E-state index in [2.05, 4.69) is 26.0 Å². The van der Waals surface area contributed by atoms with Crippen LogP contribution < -0.4 is 0 Å². The Labute approximate surface area is 352 Å². The molecule has 58 heavy (non-hydrogen) atoms. The standard InChI is InChI=1S/C45H84O12S/c1-3-5-7-9-11-13-15-17-18-19-20-22-23-25-27-29-31-33-40(46)54-35-38(36-55-45-44(50)43(49)42(48)39(57-45)37-58(51,52)53)56-41(47)34-32-30-28-26-24-21-16-14-12-10-8-6-4-2/h21,24,38-39,42-45,48-50H,3-20,22-23,25-37H2,1-2H3,(H,51,52,53)/b24-21+/t38-,39-,42-,43?,44?,45+/m1/s1. The maximum absolute atomic E-state index is 12.8. The van der Waals surface area contributed by atoms with Crippen molar-refractivity contribution >= 4 is 22.1 Å². The highest BCUT2D eigenvalue weighted by molar-refractivity contribution is 7.85. The van der Waals surface area contributed by atoms with Gasteiger partial charge in [-0.05, 0) is 38.5 Å². The van der Waals surface area contributed by atoms with Crippen molar-refractivity contribution in [2.45, 2.75) is 243 Å². The topological polar surface area (TPSA) is 186 Å². The lowest BCUT2D eigenvalue weighted by Crippen LogP contribution is -2.60. The van der Waals surface area contributed by atoms with Crippen LogP contribution in [0.4, 0.5) is 0 Å². The SMILES string of the molecule is CCCCCCCC/C=C/CCCCCC(=O)O[C@H](COC(=O)CCCCCCCCCCCCCCCCCCC)CO[C@H]1O[C@H](CS(=O)(=O)O)[C@@H](O)C(O)C1O. The summed E-state index contributed by atoms with van der Waals surface area (Å²) in [6.45, 7) is 3.75. The van der Waals surface area contributed by atoms with Crippen LogP contribution in [0, 0.1) is 0 Å². The zero-order valence-corrected chi connectivity index (χ0v) is 37.2. The zero-order valence-electron chi connectivity index (χ0n) is 36.4. The third kappa shape index (κ3) is 30.4. The number of rotatable bonds is 39. The quantitative estimate of drug-likeness (QED) is 0.0199. The fourth-order valence-electron chi connectivity index (χ4n) is 7.20. The molecule has 0 aliphatic carbocycles. The Morgan fingerprint density at radius 2 is 0.983 bits per heavy atom. The largest absolute Gasteiger partial charge is 0.462 e. The van der Waals surface area contributed by atoms with Gasteiger partial charge < -0.3 is 34.3 Å². The van der Waals surface area contributed by atoms with Crippen LogP contribution in [0.1, 0.15) is 206 Å². The molecule has 1 aliphatic rings. The minimum absolute atomic E-state index is 0.148. The summed E-state index contributed by atoms with van der Waals surface area (Å²) in [6, 6.07) is 0. The van der Waals surface area contributed by atoms with E-state index in [1.54, 1.807) is 0 Å². The lowest BCUT2D eigenvalue weighted by molar-refractivity contribution is -0.297. The van der Waals surface area contributed by atoms with E-state index >= 15 is 0 Å². The Hall–Kier alpha value is -1.61. The third-order valence-corrected chi connectivity index (χ3v) is 11.6. The molecule has 0 saturated carbocycles. The summed E-state index contributed by atoms with van der Waals surface area (Å²) in [5.74, 6) is -1.99. The van der Waals surface area contributed by atoms with Gasteiger partial charge in [-0.1, -0.05) is 167 Å². The summed E-state index contributed by atoms with van der Waals surface area (Å²) in [5, 5.41) is 30.9. The lowest BCUT2D eigenvalue weighted by atomic mass is 10.00. The van der Waals surface area contributed by atoms with Crippen molar-refractivity contribution in [3.63, 3.8) is 0 Å². The molecule has 12 nitrogen and oxygen atoms in total. The molecule has 1 heterocycles. The number of unbranched alkanes of at least 4 members (excludes halogenated alkanes) is 25. The van der Waals surface area contributed by atoms with E-state index in [0.717, 1.165) is 44.9 Å². The van der Waals surface area contributed by atoms with E-state index in [9.17, 15) is 37.9 Å². The van der Waals surface area contributed by atoms with Crippen molar-refractivity contribution in [2.24, 2.45) is 0 Å². The van der Waals surface area contributed by atoms with Crippen LogP contribution >= 0.6 is 0 Å². The van der Waals surface area contributed by atoms with Crippen molar-refractivity contribution in [1.82, 2.24) is 0 Å². The molecule has 0 amide bonds. The van der Waals surface area contributed by atoms with Gasteiger partial charge in [0.25, 0.3) is 10.1 Å². The van der Waals surface area contributed by atoms with Gasteiger partial charge in [-0.2, -0.15) is 8.42 Å². The number of carbonyl (C=O) groups excluding carboxylic acids is 2. The first-order valence-electron chi connectivity index (χ1n) is 23.2. The van der Waals surface area contributed by atoms with Crippen molar-refractivity contribution in [3.8, 4) is 0 Å². The molecule has 1 aliphatic heterocycles. The number of hydrogen-bond donors (Lipinski definition) is 4. The second-order valence-electron chi connectivity index (χ2n) is 16.4. The molecule has 0 aromatic heterocycles. The van der Waals surface area contributed by atoms with Crippen LogP contribution in [0.5, 0.6) is 0 Å². The van der Waals surface area contributed by atoms with Crippen LogP contribution in [0.2, 0.25) is 0 Å². The maximum Gasteiger partial charge on any atom is 0.306 e. The number of allylic oxidation sites excluding steroid dienone is 2. The zero-order chi connectivity index (χ0) is 42.7. The number of ether oxygens (including phenoxy) is 4. The van der Waals surface area contributed by atoms with Crippen molar-refractivity contribution < 1.29 is 56.8 Å². The normalized spacial score (nSPS) is 20.4. The average Bonchev–Trinajstić information content (AvgIpc) is 3.18. The molecule has 6 atom stereocenters. The fraction of sp³-hybridized carbons (Fsp3) is 0.911. The second kappa shape index (κ2) is 36.1. The fourth-order valence-corrected chi connectivity index (χ4v) is 7.89. The van der Waals surface area contributed by atoms with Gasteiger partial charge >= 0.3 is 11.9 Å². The molecule has 2 unspecified atom stereocenters. The molecule has 4 N–H and O–H groups in total. The second-order valence-corrected chi connectivity index (χ2v) is 17.9. The molecule has 0 bridgehead atoms. The monoisotopic (exact) mass is 849 g/mol. The Morgan fingerprint density at radius 1 is 0.569 bits per heavy atom. The van der Waals surface area contributed by atoms with E-state index in [4.69, 9.17) is 18.9 Å². The molecule has 1 rings (SSSR count). The number of hydrogen-bond acceptors (Lipinski definition) is 11. The molecule has 13 heteroatoms. The molecule has 0 aromatic carbocycles. The molecular weight excluding hydrogens is 765 g/mol. The maximum atomic E-state index is 12.8. The third-order valence-electron chi connectivity index (χ3n) is 10.8. The summed E-state index contributed by atoms with van der Waals surface area (Å²) in [4.78, 5) is 25.4. The first-order chi connectivity index (χ1) is 28.0. The van der Waals surface area contributed by atoms with E-state index in [1.165, 1.54) is 122 Å². The highest BCUT2D eigenvalue weighted by Gasteiger charge is 2.46. The molecule has 1 saturated heterocycles. The predicted molar refractivity (Wildman–Crippen MR) is 229 cm³/mol.